The van der Waals surface area contributed by atoms with E-state index in [-0.39, 0.29) is 106 Å². The standard InChI is InChI=1S/C14H17F5O5S.Cs/c15-13(16,17)10(14(18,19)25(21,22)23)24-11(20)12-4-7-1-8(5-12)3-9(2-7)6-12;/h7-10H,1-6H2,(H,21,22,23);/q;+1/p-1. The Bertz CT molecular complexity index is 642. The van der Waals surface area contributed by atoms with Gasteiger partial charge in [0, 0.05) is 0 Å². The molecule has 1 unspecified atom stereocenters. The minimum atomic E-state index is -6.67. The van der Waals surface area contributed by atoms with Crippen LogP contribution in [0, 0.1) is 23.2 Å². The summed E-state index contributed by atoms with van der Waals surface area (Å²) in [6.45, 7) is 0. The van der Waals surface area contributed by atoms with Crippen molar-refractivity contribution in [3.05, 3.63) is 0 Å². The van der Waals surface area contributed by atoms with E-state index >= 15 is 0 Å². The Hall–Kier alpha value is 1.08. The van der Waals surface area contributed by atoms with E-state index in [9.17, 15) is 39.7 Å². The van der Waals surface area contributed by atoms with Crippen LogP contribution in [0.2, 0.25) is 0 Å². The van der Waals surface area contributed by atoms with Crippen LogP contribution in [0.25, 0.3) is 0 Å². The summed E-state index contributed by atoms with van der Waals surface area (Å²) in [6, 6.07) is 0. The molecule has 4 aliphatic carbocycles. The Morgan fingerprint density at radius 3 is 1.69 bits per heavy atom. The summed E-state index contributed by atoms with van der Waals surface area (Å²) in [5, 5.41) is -5.79. The monoisotopic (exact) mass is 524 g/mol. The van der Waals surface area contributed by atoms with Gasteiger partial charge in [0.05, 0.1) is 5.41 Å². The molecule has 144 valence electrons. The van der Waals surface area contributed by atoms with Crippen LogP contribution in [0.3, 0.4) is 0 Å². The van der Waals surface area contributed by atoms with E-state index in [0.717, 1.165) is 19.3 Å². The molecule has 0 aromatic rings. The normalized spacial score (nSPS) is 34.9. The maximum atomic E-state index is 13.5. The third-order valence-electron chi connectivity index (χ3n) is 5.63. The summed E-state index contributed by atoms with van der Waals surface area (Å²) < 4.78 is 102. The molecule has 4 fully saturated rings. The zero-order valence-corrected chi connectivity index (χ0v) is 21.0. The molecule has 0 aromatic carbocycles. The first-order valence-corrected chi connectivity index (χ1v) is 9.26. The number of ether oxygens (including phenoxy) is 1. The molecule has 5 nitrogen and oxygen atoms in total. The number of hydrogen-bond acceptors (Lipinski definition) is 5. The molecule has 26 heavy (non-hydrogen) atoms. The smallest absolute Gasteiger partial charge is 0.743 e. The number of rotatable bonds is 4. The molecule has 0 saturated heterocycles. The third kappa shape index (κ3) is 4.17. The van der Waals surface area contributed by atoms with Crippen molar-refractivity contribution in [2.24, 2.45) is 23.2 Å². The summed E-state index contributed by atoms with van der Waals surface area (Å²) in [4.78, 5) is 12.4. The SMILES string of the molecule is O=C(OC(C(F)(F)F)C(F)(F)S(=O)(=O)[O-])C12CC3CC(CC(C3)C1)C2.[Cs+]. The summed E-state index contributed by atoms with van der Waals surface area (Å²) in [5.41, 5.74) is -1.29. The average Bonchev–Trinajstić information content (AvgIpc) is 2.40. The maximum Gasteiger partial charge on any atom is 1.00 e. The second kappa shape index (κ2) is 7.40. The van der Waals surface area contributed by atoms with E-state index in [1.165, 1.54) is 0 Å². The molecule has 0 heterocycles. The van der Waals surface area contributed by atoms with Crippen LogP contribution in [0.5, 0.6) is 0 Å². The first-order valence-electron chi connectivity index (χ1n) is 7.86. The molecule has 4 aliphatic rings. The Labute approximate surface area is 206 Å². The van der Waals surface area contributed by atoms with Gasteiger partial charge in [0.2, 0.25) is 0 Å². The van der Waals surface area contributed by atoms with Gasteiger partial charge in [0.15, 0.2) is 10.1 Å². The van der Waals surface area contributed by atoms with Crippen molar-refractivity contribution in [1.29, 1.82) is 0 Å². The minimum Gasteiger partial charge on any atom is -0.743 e. The summed E-state index contributed by atoms with van der Waals surface area (Å²) in [5.74, 6) is -1.08. The second-order valence-corrected chi connectivity index (χ2v) is 8.99. The molecule has 0 spiro atoms. The molecule has 0 amide bonds. The van der Waals surface area contributed by atoms with E-state index in [1.54, 1.807) is 0 Å². The molecule has 4 rings (SSSR count). The van der Waals surface area contributed by atoms with Gasteiger partial charge in [-0.25, -0.2) is 8.42 Å². The summed E-state index contributed by atoms with van der Waals surface area (Å²) in [7, 11) is -6.67. The van der Waals surface area contributed by atoms with Crippen molar-refractivity contribution in [3.8, 4) is 0 Å². The second-order valence-electron chi connectivity index (χ2n) is 7.54. The molecule has 0 aromatic heterocycles. The van der Waals surface area contributed by atoms with Crippen LogP contribution >= 0.6 is 0 Å². The molecule has 1 atom stereocenters. The van der Waals surface area contributed by atoms with Gasteiger partial charge in [-0.15, -0.1) is 0 Å². The van der Waals surface area contributed by atoms with Crippen molar-refractivity contribution in [2.75, 3.05) is 0 Å². The van der Waals surface area contributed by atoms with E-state index in [1.807, 2.05) is 0 Å². The maximum absolute atomic E-state index is 13.5. The van der Waals surface area contributed by atoms with Crippen molar-refractivity contribution >= 4 is 16.1 Å². The number of esters is 1. The number of hydrogen-bond donors (Lipinski definition) is 0. The van der Waals surface area contributed by atoms with Crippen LogP contribution in [0.1, 0.15) is 38.5 Å². The van der Waals surface area contributed by atoms with E-state index in [0.29, 0.717) is 0 Å². The molecule has 0 aliphatic heterocycles. The number of carbonyl (C=O) groups excluding carboxylic acids is 1. The quantitative estimate of drug-likeness (QED) is 0.290. The number of halogens is 5. The van der Waals surface area contributed by atoms with Crippen LogP contribution in [-0.2, 0) is 19.6 Å². The Morgan fingerprint density at radius 1 is 1.00 bits per heavy atom. The van der Waals surface area contributed by atoms with Crippen LogP contribution in [0.15, 0.2) is 0 Å². The summed E-state index contributed by atoms with van der Waals surface area (Å²) in [6.07, 6.45) is -6.91. The predicted octanol–water partition coefficient (Wildman–Crippen LogP) is -0.181. The average molecular weight is 524 g/mol. The largest absolute Gasteiger partial charge is 1.00 e. The molecule has 0 N–H and O–H groups in total. The zero-order valence-electron chi connectivity index (χ0n) is 13.9. The van der Waals surface area contributed by atoms with Crippen molar-refractivity contribution in [3.63, 3.8) is 0 Å². The van der Waals surface area contributed by atoms with Gasteiger partial charge in [-0.3, -0.25) is 4.79 Å². The van der Waals surface area contributed by atoms with Gasteiger partial charge >= 0.3 is 86.3 Å². The first kappa shape index (κ1) is 23.4. The number of carbonyl (C=O) groups is 1. The first-order chi connectivity index (χ1) is 11.2. The van der Waals surface area contributed by atoms with Gasteiger partial charge in [-0.1, -0.05) is 0 Å². The number of alkyl halides is 5. The topological polar surface area (TPSA) is 83.5 Å². The van der Waals surface area contributed by atoms with Crippen LogP contribution < -0.4 is 68.9 Å². The molecule has 4 bridgehead atoms. The minimum absolute atomic E-state index is 0. The van der Waals surface area contributed by atoms with Gasteiger partial charge in [-0.05, 0) is 56.3 Å². The molecule has 4 saturated carbocycles. The summed E-state index contributed by atoms with van der Waals surface area (Å²) >= 11 is 0. The van der Waals surface area contributed by atoms with Crippen LogP contribution in [0.4, 0.5) is 22.0 Å². The molecule has 12 heteroatoms. The predicted molar refractivity (Wildman–Crippen MR) is 71.2 cm³/mol. The molecule has 0 radical (unpaired) electrons. The van der Waals surface area contributed by atoms with E-state index in [4.69, 9.17) is 0 Å². The Morgan fingerprint density at radius 2 is 1.38 bits per heavy atom. The van der Waals surface area contributed by atoms with E-state index < -0.39 is 39.0 Å². The van der Waals surface area contributed by atoms with E-state index in [2.05, 4.69) is 4.74 Å². The molecular formula is C14H16CsF5O5S. The fourth-order valence-electron chi connectivity index (χ4n) is 5.05. The van der Waals surface area contributed by atoms with Crippen molar-refractivity contribution in [1.82, 2.24) is 0 Å². The van der Waals surface area contributed by atoms with Crippen LogP contribution in [-0.4, -0.2) is 36.5 Å². The van der Waals surface area contributed by atoms with Gasteiger partial charge in [0.1, 0.15) is 0 Å². The fraction of sp³-hybridized carbons (Fsp3) is 0.929. The fourth-order valence-corrected chi connectivity index (χ4v) is 5.49. The zero-order chi connectivity index (χ0) is 18.8. The van der Waals surface area contributed by atoms with Crippen molar-refractivity contribution in [2.45, 2.75) is 56.1 Å². The molecular weight excluding hydrogens is 508 g/mol. The van der Waals surface area contributed by atoms with Crippen molar-refractivity contribution < 1.29 is 113 Å². The third-order valence-corrected chi connectivity index (χ3v) is 6.51. The van der Waals surface area contributed by atoms with Gasteiger partial charge in [0.25, 0.3) is 6.10 Å². The van der Waals surface area contributed by atoms with Gasteiger partial charge in [-0.2, -0.15) is 22.0 Å². The van der Waals surface area contributed by atoms with Gasteiger partial charge < -0.3 is 9.29 Å². The Kier molecular flexibility index (Phi) is 6.65. The Balaban J connectivity index is 0.00000243.